The summed E-state index contributed by atoms with van der Waals surface area (Å²) in [5.74, 6) is -0.919. The van der Waals surface area contributed by atoms with Gasteiger partial charge in [0.15, 0.2) is 0 Å². The van der Waals surface area contributed by atoms with Crippen LogP contribution in [0.1, 0.15) is 31.7 Å². The van der Waals surface area contributed by atoms with Gasteiger partial charge in [-0.15, -0.1) is 0 Å². The van der Waals surface area contributed by atoms with Gasteiger partial charge < -0.3 is 15.7 Å². The fraction of sp³-hybridized carbons (Fsp3) is 0.562. The van der Waals surface area contributed by atoms with E-state index in [2.05, 4.69) is 15.6 Å². The van der Waals surface area contributed by atoms with Gasteiger partial charge in [-0.05, 0) is 44.4 Å². The molecule has 22 heavy (non-hydrogen) atoms. The van der Waals surface area contributed by atoms with Crippen LogP contribution in [0.15, 0.2) is 24.5 Å². The summed E-state index contributed by atoms with van der Waals surface area (Å²) < 4.78 is 0. The average Bonchev–Trinajstić information content (AvgIpc) is 2.51. The number of hydrogen-bond acceptors (Lipinski definition) is 4. The summed E-state index contributed by atoms with van der Waals surface area (Å²) >= 11 is 0. The molecule has 0 aliphatic heterocycles. The van der Waals surface area contributed by atoms with Crippen molar-refractivity contribution in [1.82, 2.24) is 15.6 Å². The monoisotopic (exact) mass is 307 g/mol. The normalized spacial score (nSPS) is 13.4. The molecule has 1 heterocycles. The van der Waals surface area contributed by atoms with Crippen molar-refractivity contribution in [1.29, 1.82) is 0 Å². The van der Waals surface area contributed by atoms with Crippen molar-refractivity contribution in [2.45, 2.75) is 38.6 Å². The van der Waals surface area contributed by atoms with Crippen LogP contribution in [0, 0.1) is 5.92 Å². The van der Waals surface area contributed by atoms with E-state index in [9.17, 15) is 9.59 Å². The quantitative estimate of drug-likeness (QED) is 0.565. The molecule has 2 atom stereocenters. The molecular weight excluding hydrogens is 282 g/mol. The van der Waals surface area contributed by atoms with E-state index in [4.69, 9.17) is 5.11 Å². The molecule has 1 aromatic rings. The number of likely N-dealkylation sites (N-methyl/N-ethyl adjacent to an activating group) is 1. The lowest BCUT2D eigenvalue weighted by molar-refractivity contribution is -0.139. The molecule has 0 spiro atoms. The Morgan fingerprint density at radius 2 is 2.14 bits per heavy atom. The van der Waals surface area contributed by atoms with Crippen LogP contribution in [0.3, 0.4) is 0 Å². The largest absolute Gasteiger partial charge is 0.480 e. The summed E-state index contributed by atoms with van der Waals surface area (Å²) in [6, 6.07) is 3.31. The van der Waals surface area contributed by atoms with E-state index < -0.39 is 12.0 Å². The Balaban J connectivity index is 2.19. The van der Waals surface area contributed by atoms with E-state index in [1.165, 1.54) is 0 Å². The molecule has 0 saturated carbocycles. The topological polar surface area (TPSA) is 91.3 Å². The number of carbonyl (C=O) groups is 2. The number of carboxylic acids is 1. The van der Waals surface area contributed by atoms with Crippen LogP contribution in [0.25, 0.3) is 0 Å². The number of amides is 1. The Kier molecular flexibility index (Phi) is 8.14. The van der Waals surface area contributed by atoms with Crippen LogP contribution in [-0.2, 0) is 16.0 Å². The molecule has 0 fully saturated rings. The summed E-state index contributed by atoms with van der Waals surface area (Å²) in [6.45, 7) is 2.47. The molecule has 0 bridgehead atoms. The summed E-state index contributed by atoms with van der Waals surface area (Å²) in [7, 11) is 1.64. The molecule has 1 aromatic heterocycles. The second-order valence-corrected chi connectivity index (χ2v) is 5.43. The molecule has 0 aromatic carbocycles. The van der Waals surface area contributed by atoms with E-state index in [0.29, 0.717) is 19.4 Å². The van der Waals surface area contributed by atoms with Crippen LogP contribution in [0.2, 0.25) is 0 Å². The Bertz CT molecular complexity index is 465. The molecule has 0 radical (unpaired) electrons. The molecular formula is C16H25N3O3. The van der Waals surface area contributed by atoms with Gasteiger partial charge in [0.1, 0.15) is 6.04 Å². The highest BCUT2D eigenvalue weighted by Crippen LogP contribution is 2.07. The number of pyridine rings is 1. The van der Waals surface area contributed by atoms with Crippen LogP contribution in [0.4, 0.5) is 0 Å². The second-order valence-electron chi connectivity index (χ2n) is 5.43. The summed E-state index contributed by atoms with van der Waals surface area (Å²) in [5, 5.41) is 14.5. The highest BCUT2D eigenvalue weighted by atomic mass is 16.4. The van der Waals surface area contributed by atoms with Crippen molar-refractivity contribution in [2.75, 3.05) is 13.6 Å². The number of nitrogens with zero attached hydrogens (tertiary/aromatic N) is 1. The first-order valence-electron chi connectivity index (χ1n) is 7.61. The third-order valence-corrected chi connectivity index (χ3v) is 3.58. The van der Waals surface area contributed by atoms with Crippen molar-refractivity contribution in [3.63, 3.8) is 0 Å². The molecule has 3 N–H and O–H groups in total. The molecule has 6 nitrogen and oxygen atoms in total. The van der Waals surface area contributed by atoms with E-state index >= 15 is 0 Å². The van der Waals surface area contributed by atoms with E-state index in [1.54, 1.807) is 19.4 Å². The van der Waals surface area contributed by atoms with Gasteiger partial charge in [-0.25, -0.2) is 0 Å². The summed E-state index contributed by atoms with van der Waals surface area (Å²) in [6.07, 6.45) is 6.25. The lowest BCUT2D eigenvalue weighted by Gasteiger charge is -2.13. The van der Waals surface area contributed by atoms with E-state index in [1.807, 2.05) is 19.1 Å². The minimum Gasteiger partial charge on any atom is -0.480 e. The van der Waals surface area contributed by atoms with Gasteiger partial charge in [0.05, 0.1) is 0 Å². The standard InChI is InChI=1S/C16H25N3O3/c1-12(10-13-6-5-8-18-11-13)15(20)19-9-4-3-7-14(17-2)16(21)22/h5-6,8,11-12,14,17H,3-4,7,9-10H2,1-2H3,(H,19,20)(H,21,22)/t12-,14+/m1/s1. The van der Waals surface area contributed by atoms with Crippen molar-refractivity contribution >= 4 is 11.9 Å². The minimum absolute atomic E-state index is 0.0206. The van der Waals surface area contributed by atoms with Crippen LogP contribution >= 0.6 is 0 Å². The maximum atomic E-state index is 12.0. The molecule has 0 aliphatic carbocycles. The van der Waals surface area contributed by atoms with Crippen molar-refractivity contribution in [3.05, 3.63) is 30.1 Å². The molecule has 1 rings (SSSR count). The number of hydrogen-bond donors (Lipinski definition) is 3. The maximum absolute atomic E-state index is 12.0. The smallest absolute Gasteiger partial charge is 0.320 e. The van der Waals surface area contributed by atoms with Gasteiger partial charge in [0.2, 0.25) is 5.91 Å². The third-order valence-electron chi connectivity index (χ3n) is 3.58. The Labute approximate surface area is 131 Å². The van der Waals surface area contributed by atoms with E-state index in [-0.39, 0.29) is 11.8 Å². The van der Waals surface area contributed by atoms with Gasteiger partial charge in [-0.3, -0.25) is 14.6 Å². The number of nitrogens with one attached hydrogen (secondary N) is 2. The minimum atomic E-state index is -0.836. The van der Waals surface area contributed by atoms with Gasteiger partial charge in [-0.1, -0.05) is 13.0 Å². The molecule has 0 saturated heterocycles. The van der Waals surface area contributed by atoms with Crippen LogP contribution in [-0.4, -0.2) is 41.6 Å². The molecule has 122 valence electrons. The SMILES string of the molecule is CN[C@@H](CCCCNC(=O)[C@H](C)Cc1cccnc1)C(=O)O. The van der Waals surface area contributed by atoms with Gasteiger partial charge in [0.25, 0.3) is 0 Å². The molecule has 1 amide bonds. The molecule has 0 aliphatic rings. The third kappa shape index (κ3) is 6.67. The Morgan fingerprint density at radius 3 is 2.73 bits per heavy atom. The van der Waals surface area contributed by atoms with Gasteiger partial charge >= 0.3 is 5.97 Å². The first-order valence-corrected chi connectivity index (χ1v) is 7.61. The van der Waals surface area contributed by atoms with Crippen LogP contribution < -0.4 is 10.6 Å². The highest BCUT2D eigenvalue weighted by molar-refractivity contribution is 5.78. The highest BCUT2D eigenvalue weighted by Gasteiger charge is 2.15. The maximum Gasteiger partial charge on any atom is 0.320 e. The predicted molar refractivity (Wildman–Crippen MR) is 84.4 cm³/mol. The van der Waals surface area contributed by atoms with Crippen molar-refractivity contribution in [2.24, 2.45) is 5.92 Å². The lowest BCUT2D eigenvalue weighted by Crippen LogP contribution is -2.34. The molecule has 0 unspecified atom stereocenters. The predicted octanol–water partition coefficient (Wildman–Crippen LogP) is 1.22. The van der Waals surface area contributed by atoms with Gasteiger partial charge in [0, 0.05) is 24.9 Å². The number of carboxylic acid groups (broad SMARTS) is 1. The lowest BCUT2D eigenvalue weighted by atomic mass is 10.0. The zero-order chi connectivity index (χ0) is 16.4. The number of rotatable bonds is 10. The zero-order valence-electron chi connectivity index (χ0n) is 13.2. The first kappa shape index (κ1) is 18.1. The van der Waals surface area contributed by atoms with E-state index in [0.717, 1.165) is 18.4 Å². The van der Waals surface area contributed by atoms with Crippen molar-refractivity contribution < 1.29 is 14.7 Å². The second kappa shape index (κ2) is 9.89. The number of carbonyl (C=O) groups excluding carboxylic acids is 1. The average molecular weight is 307 g/mol. The number of aromatic nitrogens is 1. The van der Waals surface area contributed by atoms with Crippen LogP contribution in [0.5, 0.6) is 0 Å². The first-order chi connectivity index (χ1) is 10.5. The van der Waals surface area contributed by atoms with Gasteiger partial charge in [-0.2, -0.15) is 0 Å². The number of unbranched alkanes of at least 4 members (excludes halogenated alkanes) is 1. The zero-order valence-corrected chi connectivity index (χ0v) is 13.2. The summed E-state index contributed by atoms with van der Waals surface area (Å²) in [4.78, 5) is 26.8. The molecule has 6 heteroatoms. The number of aliphatic carboxylic acids is 1. The fourth-order valence-corrected chi connectivity index (χ4v) is 2.22. The summed E-state index contributed by atoms with van der Waals surface area (Å²) in [5.41, 5.74) is 1.04. The Hall–Kier alpha value is -1.95. The Morgan fingerprint density at radius 1 is 1.36 bits per heavy atom. The fourth-order valence-electron chi connectivity index (χ4n) is 2.22. The van der Waals surface area contributed by atoms with Crippen molar-refractivity contribution in [3.8, 4) is 0 Å².